The van der Waals surface area contributed by atoms with Crippen LogP contribution < -0.4 is 0 Å². The van der Waals surface area contributed by atoms with Crippen LogP contribution in [0.15, 0.2) is 0 Å². The van der Waals surface area contributed by atoms with E-state index in [2.05, 4.69) is 20.8 Å². The van der Waals surface area contributed by atoms with Gasteiger partial charge in [-0.1, -0.05) is 94.8 Å². The van der Waals surface area contributed by atoms with Crippen molar-refractivity contribution in [1.29, 1.82) is 0 Å². The van der Waals surface area contributed by atoms with Crippen molar-refractivity contribution in [2.24, 2.45) is 10.8 Å². The molecular weight excluding hydrogens is 192 g/mol. The normalized spacial score (nSPS) is 20.3. The summed E-state index contributed by atoms with van der Waals surface area (Å²) in [6.45, 7) is 10.8. The van der Waals surface area contributed by atoms with E-state index in [9.17, 15) is 0 Å². The van der Waals surface area contributed by atoms with Crippen LogP contribution in [0.3, 0.4) is 0 Å². The Bertz CT molecular complexity index is 303. The first-order valence-electron chi connectivity index (χ1n) is 9.33. The average molecular weight is 238 g/mol. The molecule has 0 heterocycles. The molecular formula is C16H38. The summed E-state index contributed by atoms with van der Waals surface area (Å²) in [5.41, 5.74) is -0.707. The Hall–Kier alpha value is 0. The van der Waals surface area contributed by atoms with Crippen LogP contribution >= 0.6 is 0 Å². The Morgan fingerprint density at radius 1 is 0.938 bits per heavy atom. The number of rotatable bonds is 4. The molecule has 16 heavy (non-hydrogen) atoms. The number of hydrogen-bond acceptors (Lipinski definition) is 0. The van der Waals surface area contributed by atoms with Crippen molar-refractivity contribution < 1.29 is 9.60 Å². The molecule has 0 aliphatic rings. The first-order valence-corrected chi connectivity index (χ1v) is 5.83. The second kappa shape index (κ2) is 10.2. The molecule has 102 valence electrons. The molecule has 0 aromatic heterocycles. The topological polar surface area (TPSA) is 0 Å². The van der Waals surface area contributed by atoms with Crippen LogP contribution in [-0.2, 0) is 0 Å². The smallest absolute Gasteiger partial charge is 0.0264 e. The lowest BCUT2D eigenvalue weighted by atomic mass is 9.65. The maximum Gasteiger partial charge on any atom is 0.0264 e. The molecule has 0 aliphatic heterocycles. The molecule has 0 amide bonds. The summed E-state index contributed by atoms with van der Waals surface area (Å²) < 4.78 is 50.6. The van der Waals surface area contributed by atoms with Crippen LogP contribution in [0.5, 0.6) is 0 Å². The third-order valence-electron chi connectivity index (χ3n) is 3.42. The van der Waals surface area contributed by atoms with Gasteiger partial charge in [-0.25, -0.2) is 0 Å². The third kappa shape index (κ3) is 8.19. The van der Waals surface area contributed by atoms with Crippen LogP contribution in [0, 0.1) is 10.8 Å². The van der Waals surface area contributed by atoms with Crippen molar-refractivity contribution >= 4 is 0 Å². The van der Waals surface area contributed by atoms with Crippen molar-refractivity contribution in [2.45, 2.75) is 94.8 Å². The molecule has 0 bridgehead atoms. The highest BCUT2D eigenvalue weighted by atomic mass is 14.4. The van der Waals surface area contributed by atoms with E-state index in [0.717, 1.165) is 12.8 Å². The SMILES string of the molecule is C.[2H]C([2H])(C)CC([2H])([2H])C.[2H]C([2H])([2H])C(C)(C)C(C)(CC)CC. The maximum atomic E-state index is 7.53. The average Bonchev–Trinajstić information content (AvgIpc) is 2.21. The molecule has 0 radical (unpaired) electrons. The van der Waals surface area contributed by atoms with Gasteiger partial charge in [0, 0.05) is 9.60 Å². The predicted molar refractivity (Wildman–Crippen MR) is 80.1 cm³/mol. The Morgan fingerprint density at radius 3 is 1.38 bits per heavy atom. The molecule has 0 fully saturated rings. The van der Waals surface area contributed by atoms with E-state index in [0.29, 0.717) is 0 Å². The van der Waals surface area contributed by atoms with Gasteiger partial charge in [0.25, 0.3) is 0 Å². The van der Waals surface area contributed by atoms with Crippen LogP contribution in [0.25, 0.3) is 0 Å². The van der Waals surface area contributed by atoms with Gasteiger partial charge in [0.05, 0.1) is 0 Å². The molecule has 0 spiro atoms. The van der Waals surface area contributed by atoms with E-state index < -0.39 is 25.0 Å². The minimum absolute atomic E-state index is 0. The molecule has 0 nitrogen and oxygen atoms in total. The van der Waals surface area contributed by atoms with Gasteiger partial charge in [-0.3, -0.25) is 0 Å². The van der Waals surface area contributed by atoms with Crippen molar-refractivity contribution in [3.05, 3.63) is 0 Å². The molecule has 0 aliphatic carbocycles. The van der Waals surface area contributed by atoms with E-state index in [1.54, 1.807) is 0 Å². The second-order valence-electron chi connectivity index (χ2n) is 4.78. The van der Waals surface area contributed by atoms with Crippen LogP contribution in [-0.4, -0.2) is 0 Å². The Kier molecular flexibility index (Phi) is 5.72. The molecule has 0 saturated heterocycles. The Morgan fingerprint density at radius 2 is 1.31 bits per heavy atom. The van der Waals surface area contributed by atoms with Crippen molar-refractivity contribution in [3.63, 3.8) is 0 Å². The zero-order valence-corrected chi connectivity index (χ0v) is 11.6. The van der Waals surface area contributed by atoms with Gasteiger partial charge in [-0.05, 0) is 10.8 Å². The zero-order valence-electron chi connectivity index (χ0n) is 18.6. The molecule has 0 unspecified atom stereocenters. The lowest BCUT2D eigenvalue weighted by Gasteiger charge is -2.40. The number of hydrogen-bond donors (Lipinski definition) is 0. The van der Waals surface area contributed by atoms with Gasteiger partial charge in [-0.2, -0.15) is 0 Å². The molecule has 0 heteroatoms. The van der Waals surface area contributed by atoms with E-state index in [-0.39, 0.29) is 19.3 Å². The van der Waals surface area contributed by atoms with Gasteiger partial charge in [0.1, 0.15) is 0 Å². The molecule has 0 N–H and O–H groups in total. The Labute approximate surface area is 116 Å². The summed E-state index contributed by atoms with van der Waals surface area (Å²) in [4.78, 5) is 0. The van der Waals surface area contributed by atoms with Crippen molar-refractivity contribution in [2.75, 3.05) is 0 Å². The summed E-state index contributed by atoms with van der Waals surface area (Å²) in [5, 5.41) is 0. The van der Waals surface area contributed by atoms with E-state index in [1.807, 2.05) is 13.8 Å². The second-order valence-corrected chi connectivity index (χ2v) is 4.78. The molecule has 0 aromatic rings. The maximum absolute atomic E-state index is 7.53. The summed E-state index contributed by atoms with van der Waals surface area (Å²) in [6.07, 6.45) is -1.000. The van der Waals surface area contributed by atoms with Gasteiger partial charge in [0.2, 0.25) is 0 Å². The van der Waals surface area contributed by atoms with Crippen LogP contribution in [0.1, 0.15) is 104 Å². The van der Waals surface area contributed by atoms with Crippen LogP contribution in [0.2, 0.25) is 0 Å². The summed E-state index contributed by atoms with van der Waals surface area (Å²) in [5.74, 6) is 0. The minimum Gasteiger partial charge on any atom is -0.0776 e. The molecule has 0 saturated carbocycles. The van der Waals surface area contributed by atoms with Gasteiger partial charge in [0.15, 0.2) is 0 Å². The molecule has 0 rings (SSSR count). The Balaban J connectivity index is -0.000000354. The fourth-order valence-electron chi connectivity index (χ4n) is 1.31. The fraction of sp³-hybridized carbons (Fsp3) is 1.00. The molecule has 0 aromatic carbocycles. The summed E-state index contributed by atoms with van der Waals surface area (Å²) in [6, 6.07) is 0. The zero-order chi connectivity index (χ0) is 18.6. The van der Waals surface area contributed by atoms with Gasteiger partial charge >= 0.3 is 0 Å². The highest BCUT2D eigenvalue weighted by molar-refractivity contribution is 4.83. The summed E-state index contributed by atoms with van der Waals surface area (Å²) in [7, 11) is 0. The summed E-state index contributed by atoms with van der Waals surface area (Å²) >= 11 is 0. The highest BCUT2D eigenvalue weighted by Crippen LogP contribution is 2.43. The van der Waals surface area contributed by atoms with Crippen molar-refractivity contribution in [3.8, 4) is 0 Å². The van der Waals surface area contributed by atoms with Crippen molar-refractivity contribution in [1.82, 2.24) is 0 Å². The largest absolute Gasteiger partial charge is 0.0776 e. The van der Waals surface area contributed by atoms with Crippen LogP contribution in [0.4, 0.5) is 0 Å². The first-order chi connectivity index (χ1) is 9.33. The highest BCUT2D eigenvalue weighted by Gasteiger charge is 2.33. The third-order valence-corrected chi connectivity index (χ3v) is 3.42. The lowest BCUT2D eigenvalue weighted by molar-refractivity contribution is 0.0975. The predicted octanol–water partition coefficient (Wildman–Crippen LogP) is 6.69. The lowest BCUT2D eigenvalue weighted by Crippen LogP contribution is -2.31. The van der Waals surface area contributed by atoms with Gasteiger partial charge in [-0.15, -0.1) is 0 Å². The van der Waals surface area contributed by atoms with E-state index >= 15 is 0 Å². The van der Waals surface area contributed by atoms with Gasteiger partial charge < -0.3 is 0 Å². The fourth-order valence-corrected chi connectivity index (χ4v) is 1.31. The van der Waals surface area contributed by atoms with E-state index in [4.69, 9.17) is 9.60 Å². The molecule has 0 atom stereocenters. The standard InChI is InChI=1S/C10H22.C5H12.CH4/c1-7-10(6,8-2)9(3,4)5;1-3-5-4-2;/h7-8H2,1-6H3;3-5H2,1-2H3;1H4/i3D3;3D2,4D2;. The minimum atomic E-state index is -1.87. The van der Waals surface area contributed by atoms with E-state index in [1.165, 1.54) is 13.8 Å². The quantitative estimate of drug-likeness (QED) is 0.511. The first kappa shape index (κ1) is 9.00. The monoisotopic (exact) mass is 237 g/mol.